The normalized spacial score (nSPS) is 17.9. The molecular formula is C15H13F2NO. The standard InChI is InChI=1S/C15H13F2NO/c16-12-6-3-7-13(15(12)17)18-14-9-19-8-10-4-1-2-5-11(10)14/h1-7,14,18H,8-9H2. The van der Waals surface area contributed by atoms with Gasteiger partial charge in [0.1, 0.15) is 0 Å². The van der Waals surface area contributed by atoms with E-state index < -0.39 is 11.6 Å². The lowest BCUT2D eigenvalue weighted by molar-refractivity contribution is 0.0969. The highest BCUT2D eigenvalue weighted by molar-refractivity contribution is 5.48. The van der Waals surface area contributed by atoms with Crippen molar-refractivity contribution in [3.63, 3.8) is 0 Å². The van der Waals surface area contributed by atoms with Crippen LogP contribution in [0.1, 0.15) is 17.2 Å². The summed E-state index contributed by atoms with van der Waals surface area (Å²) in [6, 6.07) is 11.8. The molecule has 0 fully saturated rings. The molecular weight excluding hydrogens is 248 g/mol. The number of halogens is 2. The molecule has 0 radical (unpaired) electrons. The molecule has 0 aromatic heterocycles. The first-order valence-electron chi connectivity index (χ1n) is 6.12. The van der Waals surface area contributed by atoms with Crippen LogP contribution in [0.3, 0.4) is 0 Å². The summed E-state index contributed by atoms with van der Waals surface area (Å²) in [6.07, 6.45) is 0. The zero-order valence-corrected chi connectivity index (χ0v) is 10.2. The van der Waals surface area contributed by atoms with Crippen molar-refractivity contribution in [1.29, 1.82) is 0 Å². The lowest BCUT2D eigenvalue weighted by Gasteiger charge is -2.27. The van der Waals surface area contributed by atoms with E-state index in [1.165, 1.54) is 12.1 Å². The van der Waals surface area contributed by atoms with Crippen molar-refractivity contribution in [3.8, 4) is 0 Å². The third-order valence-electron chi connectivity index (χ3n) is 3.25. The third-order valence-corrected chi connectivity index (χ3v) is 3.25. The second-order valence-corrected chi connectivity index (χ2v) is 4.51. The SMILES string of the molecule is Fc1cccc(NC2COCc3ccccc32)c1F. The molecule has 0 spiro atoms. The highest BCUT2D eigenvalue weighted by Gasteiger charge is 2.21. The molecule has 1 heterocycles. The number of ether oxygens (including phenoxy) is 1. The third kappa shape index (κ3) is 2.31. The predicted molar refractivity (Wildman–Crippen MR) is 68.8 cm³/mol. The van der Waals surface area contributed by atoms with Gasteiger partial charge in [-0.2, -0.15) is 0 Å². The Morgan fingerprint density at radius 1 is 1.05 bits per heavy atom. The largest absolute Gasteiger partial charge is 0.374 e. The van der Waals surface area contributed by atoms with Gasteiger partial charge in [-0.15, -0.1) is 0 Å². The van der Waals surface area contributed by atoms with Gasteiger partial charge in [-0.25, -0.2) is 8.78 Å². The molecule has 1 unspecified atom stereocenters. The first-order valence-corrected chi connectivity index (χ1v) is 6.12. The molecule has 2 aromatic rings. The minimum Gasteiger partial charge on any atom is -0.374 e. The van der Waals surface area contributed by atoms with E-state index in [0.29, 0.717) is 13.2 Å². The molecule has 19 heavy (non-hydrogen) atoms. The average molecular weight is 261 g/mol. The molecule has 1 aliphatic heterocycles. The lowest BCUT2D eigenvalue weighted by Crippen LogP contribution is -2.23. The van der Waals surface area contributed by atoms with Gasteiger partial charge in [0, 0.05) is 0 Å². The van der Waals surface area contributed by atoms with E-state index in [1.807, 2.05) is 24.3 Å². The molecule has 0 bridgehead atoms. The number of benzene rings is 2. The molecule has 3 rings (SSSR count). The van der Waals surface area contributed by atoms with Crippen LogP contribution in [0.5, 0.6) is 0 Å². The summed E-state index contributed by atoms with van der Waals surface area (Å²) in [5.74, 6) is -1.71. The fourth-order valence-electron chi connectivity index (χ4n) is 2.30. The Kier molecular flexibility index (Phi) is 3.17. The average Bonchev–Trinajstić information content (AvgIpc) is 2.44. The molecule has 98 valence electrons. The second-order valence-electron chi connectivity index (χ2n) is 4.51. The highest BCUT2D eigenvalue weighted by Crippen LogP contribution is 2.29. The monoisotopic (exact) mass is 261 g/mol. The molecule has 2 nitrogen and oxygen atoms in total. The Hall–Kier alpha value is -1.94. The zero-order valence-electron chi connectivity index (χ0n) is 10.2. The summed E-state index contributed by atoms with van der Waals surface area (Å²) in [5, 5.41) is 3.01. The second kappa shape index (κ2) is 4.97. The molecule has 0 saturated heterocycles. The molecule has 1 atom stereocenters. The van der Waals surface area contributed by atoms with E-state index >= 15 is 0 Å². The number of rotatable bonds is 2. The van der Waals surface area contributed by atoms with Crippen molar-refractivity contribution in [2.24, 2.45) is 0 Å². The predicted octanol–water partition coefficient (Wildman–Crippen LogP) is 3.65. The van der Waals surface area contributed by atoms with E-state index in [1.54, 1.807) is 0 Å². The maximum Gasteiger partial charge on any atom is 0.181 e. The van der Waals surface area contributed by atoms with Crippen LogP contribution in [0.4, 0.5) is 14.5 Å². The summed E-state index contributed by atoms with van der Waals surface area (Å²) in [5.41, 5.74) is 2.30. The van der Waals surface area contributed by atoms with Crippen LogP contribution in [0.15, 0.2) is 42.5 Å². The van der Waals surface area contributed by atoms with Crippen molar-refractivity contribution in [2.75, 3.05) is 11.9 Å². The van der Waals surface area contributed by atoms with E-state index in [2.05, 4.69) is 5.32 Å². The van der Waals surface area contributed by atoms with Crippen LogP contribution in [-0.4, -0.2) is 6.61 Å². The van der Waals surface area contributed by atoms with E-state index in [9.17, 15) is 8.78 Å². The first-order chi connectivity index (χ1) is 9.25. The van der Waals surface area contributed by atoms with Crippen LogP contribution in [0.2, 0.25) is 0 Å². The molecule has 0 amide bonds. The number of hydrogen-bond donors (Lipinski definition) is 1. The number of anilines is 1. The highest BCUT2D eigenvalue weighted by atomic mass is 19.2. The van der Waals surface area contributed by atoms with Crippen LogP contribution in [0, 0.1) is 11.6 Å². The summed E-state index contributed by atoms with van der Waals surface area (Å²) in [4.78, 5) is 0. The van der Waals surface area contributed by atoms with Gasteiger partial charge in [-0.05, 0) is 23.3 Å². The summed E-state index contributed by atoms with van der Waals surface area (Å²) in [7, 11) is 0. The minimum absolute atomic E-state index is 0.158. The molecule has 4 heteroatoms. The molecule has 1 aliphatic rings. The van der Waals surface area contributed by atoms with Gasteiger partial charge in [0.25, 0.3) is 0 Å². The maximum atomic E-state index is 13.7. The van der Waals surface area contributed by atoms with Crippen molar-refractivity contribution < 1.29 is 13.5 Å². The van der Waals surface area contributed by atoms with Crippen molar-refractivity contribution in [2.45, 2.75) is 12.6 Å². The van der Waals surface area contributed by atoms with Gasteiger partial charge in [0.2, 0.25) is 0 Å². The van der Waals surface area contributed by atoms with Crippen molar-refractivity contribution in [3.05, 3.63) is 65.2 Å². The first kappa shape index (κ1) is 12.1. The summed E-state index contributed by atoms with van der Waals surface area (Å²) in [6.45, 7) is 0.993. The fraction of sp³-hybridized carbons (Fsp3) is 0.200. The van der Waals surface area contributed by atoms with Crippen LogP contribution in [-0.2, 0) is 11.3 Å². The van der Waals surface area contributed by atoms with Gasteiger partial charge < -0.3 is 10.1 Å². The number of hydrogen-bond acceptors (Lipinski definition) is 2. The Labute approximate surface area is 110 Å². The molecule has 0 saturated carbocycles. The fourth-order valence-corrected chi connectivity index (χ4v) is 2.30. The molecule has 2 aromatic carbocycles. The smallest absolute Gasteiger partial charge is 0.181 e. The molecule has 0 aliphatic carbocycles. The Morgan fingerprint density at radius 3 is 2.79 bits per heavy atom. The van der Waals surface area contributed by atoms with Gasteiger partial charge >= 0.3 is 0 Å². The van der Waals surface area contributed by atoms with E-state index in [-0.39, 0.29) is 11.7 Å². The quantitative estimate of drug-likeness (QED) is 0.891. The van der Waals surface area contributed by atoms with Crippen LogP contribution < -0.4 is 5.32 Å². The minimum atomic E-state index is -0.856. The molecule has 1 N–H and O–H groups in total. The van der Waals surface area contributed by atoms with Gasteiger partial charge in [-0.3, -0.25) is 0 Å². The van der Waals surface area contributed by atoms with Crippen molar-refractivity contribution >= 4 is 5.69 Å². The Morgan fingerprint density at radius 2 is 1.89 bits per heavy atom. The Balaban J connectivity index is 1.91. The van der Waals surface area contributed by atoms with Crippen LogP contribution >= 0.6 is 0 Å². The van der Waals surface area contributed by atoms with Gasteiger partial charge in [0.15, 0.2) is 11.6 Å². The summed E-state index contributed by atoms with van der Waals surface area (Å²) < 4.78 is 32.3. The number of fused-ring (bicyclic) bond motifs is 1. The zero-order chi connectivity index (χ0) is 13.2. The van der Waals surface area contributed by atoms with Gasteiger partial charge in [0.05, 0.1) is 24.9 Å². The van der Waals surface area contributed by atoms with Crippen molar-refractivity contribution in [1.82, 2.24) is 0 Å². The van der Waals surface area contributed by atoms with E-state index in [0.717, 1.165) is 17.2 Å². The number of nitrogens with one attached hydrogen (secondary N) is 1. The van der Waals surface area contributed by atoms with E-state index in [4.69, 9.17) is 4.74 Å². The van der Waals surface area contributed by atoms with Crippen LogP contribution in [0.25, 0.3) is 0 Å². The maximum absolute atomic E-state index is 13.7. The Bertz CT molecular complexity index is 600. The summed E-state index contributed by atoms with van der Waals surface area (Å²) >= 11 is 0. The van der Waals surface area contributed by atoms with Gasteiger partial charge in [-0.1, -0.05) is 30.3 Å². The topological polar surface area (TPSA) is 21.3 Å². The lowest BCUT2D eigenvalue weighted by atomic mass is 9.99.